The second-order valence-electron chi connectivity index (χ2n) is 7.35. The molecule has 1 saturated heterocycles. The Labute approximate surface area is 168 Å². The molecule has 1 heterocycles. The van der Waals surface area contributed by atoms with E-state index in [1.165, 1.54) is 6.08 Å². The van der Waals surface area contributed by atoms with Gasteiger partial charge in [0, 0.05) is 19.2 Å². The first-order valence-electron chi connectivity index (χ1n) is 9.68. The minimum absolute atomic E-state index is 0.0304. The number of carbonyl (C=O) groups excluding carboxylic acids is 1. The van der Waals surface area contributed by atoms with Gasteiger partial charge in [0.1, 0.15) is 18.1 Å². The molecule has 2 atom stereocenters. The lowest BCUT2D eigenvalue weighted by molar-refractivity contribution is -0.792. The minimum atomic E-state index is -3.25. The second-order valence-corrected chi connectivity index (χ2v) is 9.80. The van der Waals surface area contributed by atoms with Crippen molar-refractivity contribution in [3.05, 3.63) is 36.2 Å². The lowest BCUT2D eigenvalue weighted by Gasteiger charge is -2.39. The van der Waals surface area contributed by atoms with Gasteiger partial charge in [-0.2, -0.15) is 8.42 Å². The van der Waals surface area contributed by atoms with Crippen molar-refractivity contribution in [1.29, 1.82) is 0 Å². The van der Waals surface area contributed by atoms with Crippen molar-refractivity contribution in [3.63, 3.8) is 0 Å². The highest BCUT2D eigenvalue weighted by Crippen LogP contribution is 2.23. The monoisotopic (exact) mass is 410 g/mol. The van der Waals surface area contributed by atoms with Crippen molar-refractivity contribution in [2.45, 2.75) is 38.6 Å². The Bertz CT molecular complexity index is 800. The summed E-state index contributed by atoms with van der Waals surface area (Å²) in [6, 6.07) is -0.617. The van der Waals surface area contributed by atoms with Gasteiger partial charge >= 0.3 is 6.03 Å². The number of likely N-dealkylation sites (N-methyl/N-ethyl adjacent to an activating group) is 1. The molecule has 0 aromatic heterocycles. The molecule has 28 heavy (non-hydrogen) atoms. The first-order valence-corrected chi connectivity index (χ1v) is 11.3. The van der Waals surface area contributed by atoms with Gasteiger partial charge in [-0.1, -0.05) is 19.6 Å². The van der Waals surface area contributed by atoms with Gasteiger partial charge in [-0.25, -0.2) is 13.7 Å². The van der Waals surface area contributed by atoms with E-state index in [1.807, 2.05) is 26.1 Å². The topological polar surface area (TPSA) is 99.7 Å². The van der Waals surface area contributed by atoms with Crippen molar-refractivity contribution >= 4 is 21.9 Å². The van der Waals surface area contributed by atoms with Crippen LogP contribution in [-0.4, -0.2) is 63.2 Å². The van der Waals surface area contributed by atoms with E-state index in [-0.39, 0.29) is 15.7 Å². The van der Waals surface area contributed by atoms with Gasteiger partial charge in [0.05, 0.1) is 25.3 Å². The van der Waals surface area contributed by atoms with Crippen LogP contribution in [0.1, 0.15) is 32.6 Å². The van der Waals surface area contributed by atoms with Crippen molar-refractivity contribution in [1.82, 2.24) is 16.0 Å². The average Bonchev–Trinajstić information content (AvgIpc) is 3.08. The molecular formula is C19H32N5O3S+. The second kappa shape index (κ2) is 9.38. The molecule has 1 aliphatic carbocycles. The van der Waals surface area contributed by atoms with Crippen LogP contribution in [0.3, 0.4) is 0 Å². The molecule has 9 heteroatoms. The van der Waals surface area contributed by atoms with Gasteiger partial charge in [-0.15, -0.1) is 0 Å². The zero-order chi connectivity index (χ0) is 20.8. The zero-order valence-corrected chi connectivity index (χ0v) is 17.8. The van der Waals surface area contributed by atoms with E-state index in [9.17, 15) is 13.2 Å². The molecule has 2 aliphatic rings. The van der Waals surface area contributed by atoms with E-state index < -0.39 is 16.1 Å². The fourth-order valence-corrected chi connectivity index (χ4v) is 5.36. The van der Waals surface area contributed by atoms with Gasteiger partial charge < -0.3 is 10.6 Å². The van der Waals surface area contributed by atoms with Gasteiger partial charge in [0.2, 0.25) is 0 Å². The molecule has 156 valence electrons. The largest absolute Gasteiger partial charge is 0.389 e. The van der Waals surface area contributed by atoms with Crippen molar-refractivity contribution < 1.29 is 17.1 Å². The highest BCUT2D eigenvalue weighted by molar-refractivity contribution is 7.85. The molecule has 2 rings (SSSR count). The number of hydrogen-bond donors (Lipinski definition) is 3. The molecule has 0 bridgehead atoms. The van der Waals surface area contributed by atoms with Crippen LogP contribution in [-0.2, 0) is 10.0 Å². The Hall–Kier alpha value is -2.13. The minimum Gasteiger partial charge on any atom is -0.389 e. The molecule has 2 unspecified atom stereocenters. The van der Waals surface area contributed by atoms with Gasteiger partial charge in [0.25, 0.3) is 10.0 Å². The number of amides is 2. The number of nitrogens with zero attached hydrogens (tertiary/aromatic N) is 2. The van der Waals surface area contributed by atoms with Crippen molar-refractivity contribution in [2.24, 2.45) is 4.99 Å². The zero-order valence-electron chi connectivity index (χ0n) is 17.0. The van der Waals surface area contributed by atoms with Crippen molar-refractivity contribution in [2.75, 3.05) is 32.9 Å². The molecule has 0 spiro atoms. The molecular weight excluding hydrogens is 378 g/mol. The van der Waals surface area contributed by atoms with E-state index in [0.717, 1.165) is 30.7 Å². The number of amidine groups is 1. The van der Waals surface area contributed by atoms with Gasteiger partial charge in [0.15, 0.2) is 0 Å². The summed E-state index contributed by atoms with van der Waals surface area (Å²) in [6.07, 6.45) is 8.22. The number of quaternary nitrogens is 1. The van der Waals surface area contributed by atoms with Gasteiger partial charge in [-0.05, 0) is 31.4 Å². The normalized spacial score (nSPS) is 25.5. The lowest BCUT2D eigenvalue weighted by atomic mass is 10.1. The molecule has 8 nitrogen and oxygen atoms in total. The number of aliphatic imine (C=N–C) groups is 1. The number of allylic oxidation sites excluding steroid dienone is 2. The Kier molecular flexibility index (Phi) is 7.42. The summed E-state index contributed by atoms with van der Waals surface area (Å²) in [4.78, 5) is 16.9. The summed E-state index contributed by atoms with van der Waals surface area (Å²) in [5.74, 6) is 0.505. The van der Waals surface area contributed by atoms with Crippen LogP contribution in [0.2, 0.25) is 0 Å². The van der Waals surface area contributed by atoms with E-state index in [0.29, 0.717) is 25.3 Å². The Morgan fingerprint density at radius 2 is 2.21 bits per heavy atom. The third kappa shape index (κ3) is 5.23. The summed E-state index contributed by atoms with van der Waals surface area (Å²) >= 11 is 0. The van der Waals surface area contributed by atoms with E-state index >= 15 is 0 Å². The average molecular weight is 411 g/mol. The predicted octanol–water partition coefficient (Wildman–Crippen LogP) is 1.61. The maximum absolute atomic E-state index is 12.6. The van der Waals surface area contributed by atoms with E-state index in [1.54, 1.807) is 7.05 Å². The molecule has 1 aliphatic heterocycles. The fraction of sp³-hybridized carbons (Fsp3) is 0.579. The van der Waals surface area contributed by atoms with Crippen LogP contribution in [0.5, 0.6) is 0 Å². The quantitative estimate of drug-likeness (QED) is 0.337. The molecule has 0 radical (unpaired) electrons. The standard InChI is InChI=1S/C19H31N5O3S/c1-5-13-28(26,27)24(4)12-8-9-15(14-24)21-19(25)23-18(6-2)22-17-11-7-10-16(17)20-3/h6-7,11,15,20H,2,5,8-10,12-14H2,1,3-4H3,(H-,21,22,23,25)/p+1. The maximum Gasteiger partial charge on any atom is 0.320 e. The molecule has 0 aromatic carbocycles. The summed E-state index contributed by atoms with van der Waals surface area (Å²) in [5.41, 5.74) is 1.73. The van der Waals surface area contributed by atoms with Crippen LogP contribution in [0, 0.1) is 0 Å². The lowest BCUT2D eigenvalue weighted by Crippen LogP contribution is -2.61. The first-order chi connectivity index (χ1) is 13.2. The number of likely N-dealkylation sites (tertiary alicyclic amines) is 1. The van der Waals surface area contributed by atoms with Gasteiger partial charge in [-0.3, -0.25) is 5.32 Å². The molecule has 2 amide bonds. The Morgan fingerprint density at radius 3 is 2.86 bits per heavy atom. The summed E-state index contributed by atoms with van der Waals surface area (Å²) in [5, 5.41) is 8.69. The van der Waals surface area contributed by atoms with Crippen molar-refractivity contribution in [3.8, 4) is 0 Å². The number of sulfonamides is 1. The Balaban J connectivity index is 2.02. The molecule has 1 fully saturated rings. The van der Waals surface area contributed by atoms with Crippen LogP contribution >= 0.6 is 0 Å². The van der Waals surface area contributed by atoms with Crippen LogP contribution in [0.4, 0.5) is 4.79 Å². The maximum atomic E-state index is 12.6. The summed E-state index contributed by atoms with van der Waals surface area (Å²) in [6.45, 7) is 6.52. The van der Waals surface area contributed by atoms with Crippen LogP contribution < -0.4 is 16.0 Å². The summed E-state index contributed by atoms with van der Waals surface area (Å²) < 4.78 is 25.2. The van der Waals surface area contributed by atoms with E-state index in [2.05, 4.69) is 27.5 Å². The fourth-order valence-electron chi connectivity index (χ4n) is 3.59. The molecule has 0 aromatic rings. The Morgan fingerprint density at radius 1 is 1.46 bits per heavy atom. The highest BCUT2D eigenvalue weighted by Gasteiger charge is 2.41. The number of piperidine rings is 1. The third-order valence-electron chi connectivity index (χ3n) is 5.14. The third-order valence-corrected chi connectivity index (χ3v) is 7.74. The predicted molar refractivity (Wildman–Crippen MR) is 112 cm³/mol. The summed E-state index contributed by atoms with van der Waals surface area (Å²) in [7, 11) is 0.323. The van der Waals surface area contributed by atoms with Crippen LogP contribution in [0.15, 0.2) is 41.2 Å². The number of nitrogens with one attached hydrogen (secondary N) is 3. The number of hydrogen-bond acceptors (Lipinski definition) is 5. The SMILES string of the molecule is C=CC(=NC1=C(NC)CC=C1)NC(=O)NC1CCC[N+](C)(S(=O)(=O)CCC)C1. The number of carbonyl (C=O) groups is 1. The molecule has 3 N–H and O–H groups in total. The first kappa shape index (κ1) is 22.2. The van der Waals surface area contributed by atoms with E-state index in [4.69, 9.17) is 0 Å². The smallest absolute Gasteiger partial charge is 0.320 e. The highest BCUT2D eigenvalue weighted by atomic mass is 32.2. The molecule has 0 saturated carbocycles. The number of rotatable bonds is 7. The van der Waals surface area contributed by atoms with Crippen LogP contribution in [0.25, 0.3) is 0 Å². The number of urea groups is 1.